The van der Waals surface area contributed by atoms with Crippen molar-refractivity contribution >= 4 is 11.6 Å². The molecule has 3 heterocycles. The van der Waals surface area contributed by atoms with Gasteiger partial charge in [0.2, 0.25) is 5.95 Å². The minimum Gasteiger partial charge on any atom is -0.389 e. The Morgan fingerprint density at radius 2 is 2.13 bits per heavy atom. The number of nitrogens with one attached hydrogen (secondary N) is 1. The summed E-state index contributed by atoms with van der Waals surface area (Å²) < 4.78 is 1.72. The third-order valence-corrected chi connectivity index (χ3v) is 5.22. The Labute approximate surface area is 176 Å². The van der Waals surface area contributed by atoms with E-state index in [0.717, 1.165) is 36.5 Å². The number of benzene rings is 1. The van der Waals surface area contributed by atoms with Crippen molar-refractivity contribution in [3.8, 4) is 11.3 Å². The number of fused-ring (bicyclic) bond motifs is 1. The topological polar surface area (TPSA) is 105 Å². The summed E-state index contributed by atoms with van der Waals surface area (Å²) in [5.41, 5.74) is 10.7. The predicted octanol–water partition coefficient (Wildman–Crippen LogP) is 2.60. The van der Waals surface area contributed by atoms with Crippen molar-refractivity contribution < 1.29 is 5.11 Å². The van der Waals surface area contributed by atoms with Gasteiger partial charge in [-0.15, -0.1) is 0 Å². The van der Waals surface area contributed by atoms with Crippen LogP contribution in [0.4, 0.5) is 11.6 Å². The lowest BCUT2D eigenvalue weighted by Gasteiger charge is -2.28. The van der Waals surface area contributed by atoms with Crippen molar-refractivity contribution in [1.29, 1.82) is 0 Å². The van der Waals surface area contributed by atoms with E-state index in [1.807, 2.05) is 33.2 Å². The first-order valence-corrected chi connectivity index (χ1v) is 10.2. The second kappa shape index (κ2) is 8.14. The van der Waals surface area contributed by atoms with Gasteiger partial charge in [0.05, 0.1) is 23.2 Å². The van der Waals surface area contributed by atoms with E-state index in [2.05, 4.69) is 43.5 Å². The maximum atomic E-state index is 10.3. The number of rotatable bonds is 5. The fourth-order valence-electron chi connectivity index (χ4n) is 3.94. The SMILES string of the molecule is Cn1cc(Nc2nccc(-c3ccc4c(c3)CN(CC(C)(C)O)CC[C@H]4N)n2)cn1. The molecule has 0 radical (unpaired) electrons. The Hall–Kier alpha value is -2.81. The molecule has 0 bridgehead atoms. The molecule has 158 valence electrons. The minimum absolute atomic E-state index is 0.00550. The number of aromatic nitrogens is 4. The molecule has 0 saturated carbocycles. The lowest BCUT2D eigenvalue weighted by atomic mass is 9.97. The molecule has 4 N–H and O–H groups in total. The van der Waals surface area contributed by atoms with Crippen LogP contribution in [-0.4, -0.2) is 48.4 Å². The number of nitrogens with two attached hydrogens (primary N) is 1. The lowest BCUT2D eigenvalue weighted by molar-refractivity contribution is 0.0336. The van der Waals surface area contributed by atoms with Crippen molar-refractivity contribution in [1.82, 2.24) is 24.6 Å². The Morgan fingerprint density at radius 3 is 2.87 bits per heavy atom. The van der Waals surface area contributed by atoms with Crippen LogP contribution in [0.3, 0.4) is 0 Å². The molecule has 1 atom stereocenters. The third-order valence-electron chi connectivity index (χ3n) is 5.22. The second-order valence-electron chi connectivity index (χ2n) is 8.63. The van der Waals surface area contributed by atoms with Gasteiger partial charge in [-0.2, -0.15) is 5.10 Å². The van der Waals surface area contributed by atoms with Gasteiger partial charge < -0.3 is 16.2 Å². The molecule has 2 aromatic heterocycles. The highest BCUT2D eigenvalue weighted by Gasteiger charge is 2.24. The summed E-state index contributed by atoms with van der Waals surface area (Å²) in [6.07, 6.45) is 6.22. The van der Waals surface area contributed by atoms with Crippen molar-refractivity contribution in [3.63, 3.8) is 0 Å². The fraction of sp³-hybridized carbons (Fsp3) is 0.409. The second-order valence-corrected chi connectivity index (χ2v) is 8.63. The molecule has 0 fully saturated rings. The molecule has 4 rings (SSSR count). The third kappa shape index (κ3) is 4.84. The Morgan fingerprint density at radius 1 is 1.30 bits per heavy atom. The van der Waals surface area contributed by atoms with Crippen LogP contribution in [0.5, 0.6) is 0 Å². The molecule has 8 heteroatoms. The predicted molar refractivity (Wildman–Crippen MR) is 117 cm³/mol. The van der Waals surface area contributed by atoms with Crippen LogP contribution in [-0.2, 0) is 13.6 Å². The van der Waals surface area contributed by atoms with E-state index in [1.54, 1.807) is 17.1 Å². The summed E-state index contributed by atoms with van der Waals surface area (Å²) >= 11 is 0. The van der Waals surface area contributed by atoms with E-state index >= 15 is 0 Å². The number of aliphatic hydroxyl groups is 1. The number of aryl methyl sites for hydroxylation is 1. The van der Waals surface area contributed by atoms with Gasteiger partial charge in [-0.25, -0.2) is 9.97 Å². The molecule has 0 amide bonds. The van der Waals surface area contributed by atoms with Gasteiger partial charge in [0.1, 0.15) is 0 Å². The first-order valence-electron chi connectivity index (χ1n) is 10.2. The summed E-state index contributed by atoms with van der Waals surface area (Å²) in [5.74, 6) is 0.524. The van der Waals surface area contributed by atoms with Gasteiger partial charge in [-0.05, 0) is 43.5 Å². The van der Waals surface area contributed by atoms with E-state index in [4.69, 9.17) is 5.73 Å². The van der Waals surface area contributed by atoms with Crippen molar-refractivity contribution in [2.75, 3.05) is 18.4 Å². The highest BCUT2D eigenvalue weighted by molar-refractivity contribution is 5.63. The van der Waals surface area contributed by atoms with Crippen LogP contribution in [0, 0.1) is 0 Å². The summed E-state index contributed by atoms with van der Waals surface area (Å²) in [4.78, 5) is 11.3. The monoisotopic (exact) mass is 407 g/mol. The standard InChI is InChI=1S/C22H29N7O/c1-22(2,30)14-29-9-7-19(23)18-5-4-15(10-16(18)12-29)20-6-8-24-21(27-20)26-17-11-25-28(3)13-17/h4-6,8,10-11,13,19,30H,7,9,12,14,23H2,1-3H3,(H,24,26,27)/t19-/m1/s1. The Balaban J connectivity index is 1.61. The fourth-order valence-corrected chi connectivity index (χ4v) is 3.94. The first-order chi connectivity index (χ1) is 14.3. The molecule has 1 aliphatic rings. The van der Waals surface area contributed by atoms with E-state index < -0.39 is 5.60 Å². The number of hydrogen-bond donors (Lipinski definition) is 3. The molecule has 3 aromatic rings. The van der Waals surface area contributed by atoms with Crippen molar-refractivity contribution in [3.05, 3.63) is 54.0 Å². The van der Waals surface area contributed by atoms with Gasteiger partial charge in [-0.3, -0.25) is 9.58 Å². The van der Waals surface area contributed by atoms with Gasteiger partial charge in [-0.1, -0.05) is 12.1 Å². The average molecular weight is 408 g/mol. The highest BCUT2D eigenvalue weighted by atomic mass is 16.3. The number of nitrogens with zero attached hydrogens (tertiary/aromatic N) is 5. The zero-order chi connectivity index (χ0) is 21.3. The van der Waals surface area contributed by atoms with E-state index in [1.165, 1.54) is 11.1 Å². The molecule has 30 heavy (non-hydrogen) atoms. The summed E-state index contributed by atoms with van der Waals surface area (Å²) in [5, 5.41) is 17.6. The van der Waals surface area contributed by atoms with Crippen LogP contribution in [0.15, 0.2) is 42.9 Å². The molecular formula is C22H29N7O. The molecule has 0 unspecified atom stereocenters. The number of hydrogen-bond acceptors (Lipinski definition) is 7. The maximum absolute atomic E-state index is 10.3. The van der Waals surface area contributed by atoms with Crippen LogP contribution in [0.1, 0.15) is 37.4 Å². The van der Waals surface area contributed by atoms with Crippen LogP contribution in [0.25, 0.3) is 11.3 Å². The van der Waals surface area contributed by atoms with Gasteiger partial charge >= 0.3 is 0 Å². The zero-order valence-corrected chi connectivity index (χ0v) is 17.7. The minimum atomic E-state index is -0.744. The van der Waals surface area contributed by atoms with Gasteiger partial charge in [0.15, 0.2) is 0 Å². The molecule has 0 spiro atoms. The van der Waals surface area contributed by atoms with Crippen molar-refractivity contribution in [2.45, 2.75) is 38.5 Å². The molecule has 0 aliphatic carbocycles. The summed E-state index contributed by atoms with van der Waals surface area (Å²) in [6.45, 7) is 5.91. The molecular weight excluding hydrogens is 378 g/mol. The lowest BCUT2D eigenvalue weighted by Crippen LogP contribution is -2.38. The highest BCUT2D eigenvalue weighted by Crippen LogP contribution is 2.30. The van der Waals surface area contributed by atoms with Crippen molar-refractivity contribution in [2.24, 2.45) is 12.8 Å². The van der Waals surface area contributed by atoms with Gasteiger partial charge in [0.25, 0.3) is 0 Å². The van der Waals surface area contributed by atoms with Crippen LogP contribution >= 0.6 is 0 Å². The first kappa shape index (κ1) is 20.5. The molecule has 0 saturated heterocycles. The zero-order valence-electron chi connectivity index (χ0n) is 17.7. The van der Waals surface area contributed by atoms with E-state index in [0.29, 0.717) is 12.5 Å². The average Bonchev–Trinajstić information content (AvgIpc) is 3.02. The number of anilines is 2. The largest absolute Gasteiger partial charge is 0.389 e. The summed E-state index contributed by atoms with van der Waals surface area (Å²) in [6, 6.07) is 8.24. The van der Waals surface area contributed by atoms with Crippen LogP contribution < -0.4 is 11.1 Å². The Kier molecular flexibility index (Phi) is 5.55. The Bertz CT molecular complexity index is 1020. The smallest absolute Gasteiger partial charge is 0.227 e. The normalized spacial score (nSPS) is 17.4. The summed E-state index contributed by atoms with van der Waals surface area (Å²) in [7, 11) is 1.87. The molecule has 1 aliphatic heterocycles. The number of β-amino-alcohol motifs (C(OH)–C–C–N with tert-alkyl or cyclic N) is 1. The van der Waals surface area contributed by atoms with E-state index in [9.17, 15) is 5.11 Å². The molecule has 1 aromatic carbocycles. The quantitative estimate of drug-likeness (QED) is 0.597. The van der Waals surface area contributed by atoms with Gasteiger partial charge in [0, 0.05) is 50.7 Å². The molecule has 8 nitrogen and oxygen atoms in total. The van der Waals surface area contributed by atoms with Crippen LogP contribution in [0.2, 0.25) is 0 Å². The maximum Gasteiger partial charge on any atom is 0.227 e. The van der Waals surface area contributed by atoms with E-state index in [-0.39, 0.29) is 6.04 Å².